The van der Waals surface area contributed by atoms with E-state index in [9.17, 15) is 33.9 Å². The molecule has 4 N–H and O–H groups in total. The number of benzene rings is 1. The van der Waals surface area contributed by atoms with Crippen molar-refractivity contribution in [2.24, 2.45) is 0 Å². The number of carbonyl (C=O) groups is 6. The highest BCUT2D eigenvalue weighted by Crippen LogP contribution is 2.23. The van der Waals surface area contributed by atoms with Crippen molar-refractivity contribution >= 4 is 35.3 Å². The van der Waals surface area contributed by atoms with E-state index in [4.69, 9.17) is 4.74 Å². The zero-order chi connectivity index (χ0) is 35.6. The first-order chi connectivity index (χ1) is 23.4. The molecule has 0 bridgehead atoms. The van der Waals surface area contributed by atoms with Crippen molar-refractivity contribution in [3.8, 4) is 5.75 Å². The first-order valence-electron chi connectivity index (χ1n) is 17.9. The lowest BCUT2D eigenvalue weighted by Gasteiger charge is -2.36. The summed E-state index contributed by atoms with van der Waals surface area (Å²) in [5, 5.41) is 18.0. The number of aliphatic hydroxyl groups is 1. The van der Waals surface area contributed by atoms with Crippen molar-refractivity contribution < 1.29 is 38.6 Å². The van der Waals surface area contributed by atoms with Gasteiger partial charge in [0, 0.05) is 32.5 Å². The van der Waals surface area contributed by atoms with Gasteiger partial charge in [0.05, 0.1) is 0 Å². The van der Waals surface area contributed by atoms with E-state index in [0.29, 0.717) is 44.4 Å². The smallest absolute Gasteiger partial charge is 0.260 e. The molecule has 13 nitrogen and oxygen atoms in total. The number of piperidine rings is 1. The van der Waals surface area contributed by atoms with Crippen molar-refractivity contribution in [1.29, 1.82) is 0 Å². The fourth-order valence-electron chi connectivity index (χ4n) is 6.59. The number of ether oxygens (including phenoxy) is 1. The molecule has 0 spiro atoms. The number of carbonyl (C=O) groups excluding carboxylic acids is 6. The van der Waals surface area contributed by atoms with Crippen LogP contribution in [0.2, 0.25) is 0 Å². The Balaban J connectivity index is 1.45. The molecule has 0 saturated carbocycles. The average molecular weight is 684 g/mol. The van der Waals surface area contributed by atoms with Gasteiger partial charge in [-0.25, -0.2) is 0 Å². The number of aliphatic hydroxyl groups excluding tert-OH is 1. The van der Waals surface area contributed by atoms with Crippen LogP contribution in [0.15, 0.2) is 24.3 Å². The number of rotatable bonds is 13. The monoisotopic (exact) mass is 683 g/mol. The molecule has 1 aromatic rings. The zero-order valence-electron chi connectivity index (χ0n) is 29.1. The Bertz CT molecular complexity index is 1350. The van der Waals surface area contributed by atoms with E-state index in [1.54, 1.807) is 38.1 Å². The van der Waals surface area contributed by atoms with Crippen LogP contribution in [0.1, 0.15) is 97.0 Å². The standard InChI is InChI=1S/C36H53N5O8/c1-4-36(3)35(48)38-28(22-25-15-17-26(18-16-25)49-23-31(44)40-19-9-6-10-20-40)34(47)41-21-11-13-29(41)33(46)37-27(32(45)39-36)12-7-5-8-14-30(43)24(2)42/h15-18,24,27-29,42H,4-14,19-23H2,1-3H3,(H,37,46)(H,38,48)(H,39,45)/t24-,27+,28+,29-,36+/m1/s1. The fourth-order valence-corrected chi connectivity index (χ4v) is 6.59. The molecular weight excluding hydrogens is 630 g/mol. The Morgan fingerprint density at radius 3 is 2.33 bits per heavy atom. The van der Waals surface area contributed by atoms with Crippen LogP contribution in [0.5, 0.6) is 5.75 Å². The lowest BCUT2D eigenvalue weighted by Crippen LogP contribution is -2.65. The Kier molecular flexibility index (Phi) is 13.6. The second-order valence-electron chi connectivity index (χ2n) is 13.8. The molecule has 4 rings (SSSR count). The van der Waals surface area contributed by atoms with E-state index >= 15 is 0 Å². The summed E-state index contributed by atoms with van der Waals surface area (Å²) in [5.74, 6) is -1.56. The van der Waals surface area contributed by atoms with Crippen LogP contribution in [0.3, 0.4) is 0 Å². The van der Waals surface area contributed by atoms with Crippen LogP contribution < -0.4 is 20.7 Å². The highest BCUT2D eigenvalue weighted by atomic mass is 16.5. The SMILES string of the molecule is CC[C@]1(C)NC(=O)[C@H](CCCCCC(=O)[C@@H](C)O)NC(=O)[C@H]2CCCN2C(=O)[C@H](Cc2ccc(OCC(=O)N3CCCCC3)cc2)NC1=O. The maximum Gasteiger partial charge on any atom is 0.260 e. The summed E-state index contributed by atoms with van der Waals surface area (Å²) in [5.41, 5.74) is -0.608. The molecule has 3 saturated heterocycles. The summed E-state index contributed by atoms with van der Waals surface area (Å²) in [4.78, 5) is 82.6. The number of fused-ring (bicyclic) bond motifs is 1. The van der Waals surface area contributed by atoms with Crippen molar-refractivity contribution in [3.05, 3.63) is 29.8 Å². The molecule has 3 aliphatic heterocycles. The number of likely N-dealkylation sites (tertiary alicyclic amines) is 1. The number of hydrogen-bond donors (Lipinski definition) is 4. The summed E-state index contributed by atoms with van der Waals surface area (Å²) in [6.45, 7) is 6.59. The third-order valence-electron chi connectivity index (χ3n) is 10.00. The van der Waals surface area contributed by atoms with E-state index in [0.717, 1.165) is 37.9 Å². The minimum absolute atomic E-state index is 0.0477. The molecule has 13 heteroatoms. The van der Waals surface area contributed by atoms with Crippen LogP contribution in [0, 0.1) is 0 Å². The maximum atomic E-state index is 14.1. The normalized spacial score (nSPS) is 25.7. The third kappa shape index (κ3) is 10.3. The second kappa shape index (κ2) is 17.6. The fraction of sp³-hybridized carbons (Fsp3) is 0.667. The van der Waals surface area contributed by atoms with E-state index in [-0.39, 0.29) is 49.9 Å². The molecule has 0 aromatic heterocycles. The first kappa shape index (κ1) is 37.8. The lowest BCUT2D eigenvalue weighted by molar-refractivity contribution is -0.144. The van der Waals surface area contributed by atoms with Crippen LogP contribution in [-0.4, -0.2) is 106 Å². The van der Waals surface area contributed by atoms with Gasteiger partial charge in [0.25, 0.3) is 5.91 Å². The summed E-state index contributed by atoms with van der Waals surface area (Å²) >= 11 is 0. The van der Waals surface area contributed by atoms with Gasteiger partial charge < -0.3 is 35.6 Å². The van der Waals surface area contributed by atoms with Gasteiger partial charge in [0.1, 0.15) is 35.5 Å². The predicted molar refractivity (Wildman–Crippen MR) is 181 cm³/mol. The minimum Gasteiger partial charge on any atom is -0.484 e. The van der Waals surface area contributed by atoms with E-state index in [1.165, 1.54) is 11.8 Å². The molecule has 3 fully saturated rings. The van der Waals surface area contributed by atoms with E-state index in [1.807, 2.05) is 4.90 Å². The Morgan fingerprint density at radius 1 is 0.939 bits per heavy atom. The first-order valence-corrected chi connectivity index (χ1v) is 17.9. The quantitative estimate of drug-likeness (QED) is 0.228. The van der Waals surface area contributed by atoms with Gasteiger partial charge in [0.2, 0.25) is 23.6 Å². The summed E-state index contributed by atoms with van der Waals surface area (Å²) in [6, 6.07) is 4.34. The van der Waals surface area contributed by atoms with Crippen molar-refractivity contribution in [2.45, 2.75) is 128 Å². The van der Waals surface area contributed by atoms with Gasteiger partial charge in [-0.3, -0.25) is 28.8 Å². The molecule has 49 heavy (non-hydrogen) atoms. The molecule has 0 aliphatic carbocycles. The Morgan fingerprint density at radius 2 is 1.65 bits per heavy atom. The van der Waals surface area contributed by atoms with Gasteiger partial charge in [0.15, 0.2) is 12.4 Å². The van der Waals surface area contributed by atoms with E-state index in [2.05, 4.69) is 16.0 Å². The van der Waals surface area contributed by atoms with Crippen LogP contribution in [0.25, 0.3) is 0 Å². The number of nitrogens with zero attached hydrogens (tertiary/aromatic N) is 2. The topological polar surface area (TPSA) is 174 Å². The number of hydrogen-bond acceptors (Lipinski definition) is 8. The number of ketones is 1. The maximum absolute atomic E-state index is 14.1. The van der Waals surface area contributed by atoms with Crippen LogP contribution in [-0.2, 0) is 35.2 Å². The number of unbranched alkanes of at least 4 members (excludes halogenated alkanes) is 2. The summed E-state index contributed by atoms with van der Waals surface area (Å²) < 4.78 is 5.74. The Labute approximate surface area is 288 Å². The predicted octanol–water partition coefficient (Wildman–Crippen LogP) is 1.78. The number of amides is 5. The van der Waals surface area contributed by atoms with Gasteiger partial charge >= 0.3 is 0 Å². The van der Waals surface area contributed by atoms with Crippen molar-refractivity contribution in [1.82, 2.24) is 25.8 Å². The highest BCUT2D eigenvalue weighted by molar-refractivity contribution is 5.99. The molecule has 0 radical (unpaired) electrons. The molecule has 3 heterocycles. The van der Waals surface area contributed by atoms with Gasteiger partial charge in [-0.15, -0.1) is 0 Å². The Hall–Kier alpha value is -4.00. The molecule has 3 aliphatic rings. The van der Waals surface area contributed by atoms with Gasteiger partial charge in [-0.1, -0.05) is 31.9 Å². The van der Waals surface area contributed by atoms with E-state index < -0.39 is 47.5 Å². The number of nitrogens with one attached hydrogen (secondary N) is 3. The summed E-state index contributed by atoms with van der Waals surface area (Å²) in [6.07, 6.45) is 5.76. The lowest BCUT2D eigenvalue weighted by atomic mass is 9.94. The molecular formula is C36H53N5O8. The highest BCUT2D eigenvalue weighted by Gasteiger charge is 2.43. The third-order valence-corrected chi connectivity index (χ3v) is 10.00. The van der Waals surface area contributed by atoms with Gasteiger partial charge in [-0.05, 0) is 82.9 Å². The van der Waals surface area contributed by atoms with Crippen LogP contribution in [0.4, 0.5) is 0 Å². The van der Waals surface area contributed by atoms with Gasteiger partial charge in [-0.2, -0.15) is 0 Å². The molecule has 270 valence electrons. The molecule has 5 atom stereocenters. The van der Waals surface area contributed by atoms with Crippen LogP contribution >= 0.6 is 0 Å². The molecule has 1 aromatic carbocycles. The van der Waals surface area contributed by atoms with Crippen molar-refractivity contribution in [3.63, 3.8) is 0 Å². The average Bonchev–Trinajstić information content (AvgIpc) is 3.60. The summed E-state index contributed by atoms with van der Waals surface area (Å²) in [7, 11) is 0. The largest absolute Gasteiger partial charge is 0.484 e. The van der Waals surface area contributed by atoms with Crippen molar-refractivity contribution in [2.75, 3.05) is 26.2 Å². The number of Topliss-reactive ketones (excluding diaryl/α,β-unsaturated/α-hetero) is 1. The molecule has 5 amide bonds. The zero-order valence-corrected chi connectivity index (χ0v) is 29.1. The molecule has 0 unspecified atom stereocenters. The minimum atomic E-state index is -1.36. The second-order valence-corrected chi connectivity index (χ2v) is 13.8.